The van der Waals surface area contributed by atoms with E-state index in [-0.39, 0.29) is 17.4 Å². The lowest BCUT2D eigenvalue weighted by atomic mass is 9.93. The molecule has 0 bridgehead atoms. The highest BCUT2D eigenvalue weighted by atomic mass is 16.5. The van der Waals surface area contributed by atoms with Gasteiger partial charge in [-0.1, -0.05) is 6.07 Å². The van der Waals surface area contributed by atoms with Gasteiger partial charge in [0.15, 0.2) is 11.5 Å². The molecule has 0 unspecified atom stereocenters. The highest BCUT2D eigenvalue weighted by molar-refractivity contribution is 6.07. The first-order valence-electron chi connectivity index (χ1n) is 10.3. The predicted molar refractivity (Wildman–Crippen MR) is 117 cm³/mol. The van der Waals surface area contributed by atoms with E-state index in [1.165, 1.54) is 19.4 Å². The SMILES string of the molecule is COc1cccc(C(=O)N/N=C2\CCCc3oc(C(=O)NNC(=O)c4ccco4)c(C)c32)c1. The second-order valence-electron chi connectivity index (χ2n) is 7.32. The van der Waals surface area contributed by atoms with Crippen LogP contribution in [0, 0.1) is 6.92 Å². The molecule has 10 nitrogen and oxygen atoms in total. The van der Waals surface area contributed by atoms with Crippen LogP contribution in [0.2, 0.25) is 0 Å². The van der Waals surface area contributed by atoms with Crippen LogP contribution in [0.1, 0.15) is 61.2 Å². The number of ether oxygens (including phenoxy) is 1. The zero-order chi connectivity index (χ0) is 23.4. The number of hydrazone groups is 1. The summed E-state index contributed by atoms with van der Waals surface area (Å²) in [5.41, 5.74) is 9.46. The molecule has 33 heavy (non-hydrogen) atoms. The smallest absolute Gasteiger partial charge is 0.305 e. The number of carbonyl (C=O) groups excluding carboxylic acids is 3. The summed E-state index contributed by atoms with van der Waals surface area (Å²) in [7, 11) is 1.53. The second kappa shape index (κ2) is 9.43. The highest BCUT2D eigenvalue weighted by Gasteiger charge is 2.28. The van der Waals surface area contributed by atoms with Crippen LogP contribution in [0.25, 0.3) is 0 Å². The second-order valence-corrected chi connectivity index (χ2v) is 7.32. The molecule has 0 radical (unpaired) electrons. The van der Waals surface area contributed by atoms with Gasteiger partial charge in [-0.2, -0.15) is 5.10 Å². The van der Waals surface area contributed by atoms with E-state index in [4.69, 9.17) is 13.6 Å². The van der Waals surface area contributed by atoms with Crippen molar-refractivity contribution in [2.45, 2.75) is 26.2 Å². The first kappa shape index (κ1) is 21.9. The minimum absolute atomic E-state index is 0.0620. The van der Waals surface area contributed by atoms with Crippen LogP contribution in [-0.4, -0.2) is 30.5 Å². The molecular formula is C23H22N4O6. The Morgan fingerprint density at radius 2 is 1.85 bits per heavy atom. The number of rotatable bonds is 5. The summed E-state index contributed by atoms with van der Waals surface area (Å²) >= 11 is 0. The maximum Gasteiger partial charge on any atom is 0.305 e. The Morgan fingerprint density at radius 3 is 2.61 bits per heavy atom. The lowest BCUT2D eigenvalue weighted by Crippen LogP contribution is -2.41. The summed E-state index contributed by atoms with van der Waals surface area (Å²) in [6.45, 7) is 1.73. The Morgan fingerprint density at radius 1 is 1.03 bits per heavy atom. The van der Waals surface area contributed by atoms with E-state index >= 15 is 0 Å². The number of benzene rings is 1. The normalized spacial score (nSPS) is 13.8. The van der Waals surface area contributed by atoms with Crippen LogP contribution >= 0.6 is 0 Å². The van der Waals surface area contributed by atoms with Crippen molar-refractivity contribution in [3.63, 3.8) is 0 Å². The fourth-order valence-electron chi connectivity index (χ4n) is 3.58. The highest BCUT2D eigenvalue weighted by Crippen LogP contribution is 2.29. The molecule has 2 aromatic heterocycles. The minimum atomic E-state index is -0.610. The van der Waals surface area contributed by atoms with Gasteiger partial charge in [-0.25, -0.2) is 5.43 Å². The Kier molecular flexibility index (Phi) is 6.25. The number of hydrogen-bond donors (Lipinski definition) is 3. The Labute approximate surface area is 188 Å². The van der Waals surface area contributed by atoms with E-state index < -0.39 is 11.8 Å². The quantitative estimate of drug-likeness (QED) is 0.512. The first-order valence-corrected chi connectivity index (χ1v) is 10.3. The zero-order valence-corrected chi connectivity index (χ0v) is 18.1. The summed E-state index contributed by atoms with van der Waals surface area (Å²) in [6.07, 6.45) is 3.35. The first-order chi connectivity index (χ1) is 16.0. The molecule has 170 valence electrons. The van der Waals surface area contributed by atoms with Crippen molar-refractivity contribution in [3.8, 4) is 5.75 Å². The van der Waals surface area contributed by atoms with E-state index in [1.54, 1.807) is 37.3 Å². The van der Waals surface area contributed by atoms with Crippen molar-refractivity contribution in [2.75, 3.05) is 7.11 Å². The average Bonchev–Trinajstić information content (AvgIpc) is 3.49. The van der Waals surface area contributed by atoms with Crippen molar-refractivity contribution in [1.29, 1.82) is 0 Å². The van der Waals surface area contributed by atoms with Gasteiger partial charge in [0.1, 0.15) is 11.5 Å². The number of methoxy groups -OCH3 is 1. The summed E-state index contributed by atoms with van der Waals surface area (Å²) in [6, 6.07) is 9.78. The molecule has 1 aliphatic rings. The van der Waals surface area contributed by atoms with Gasteiger partial charge in [-0.15, -0.1) is 0 Å². The fourth-order valence-corrected chi connectivity index (χ4v) is 3.58. The molecule has 0 aliphatic heterocycles. The van der Waals surface area contributed by atoms with Crippen molar-refractivity contribution in [3.05, 3.63) is 76.6 Å². The average molecular weight is 450 g/mol. The van der Waals surface area contributed by atoms with E-state index in [0.717, 1.165) is 6.42 Å². The van der Waals surface area contributed by atoms with Gasteiger partial charge in [-0.3, -0.25) is 25.2 Å². The molecule has 0 saturated carbocycles. The number of aryl methyl sites for hydroxylation is 1. The monoisotopic (exact) mass is 450 g/mol. The molecule has 0 fully saturated rings. The number of hydrazine groups is 1. The van der Waals surface area contributed by atoms with Gasteiger partial charge in [0, 0.05) is 23.1 Å². The Bertz CT molecular complexity index is 1230. The van der Waals surface area contributed by atoms with Gasteiger partial charge in [0.2, 0.25) is 0 Å². The molecule has 1 aliphatic carbocycles. The van der Waals surface area contributed by atoms with Crippen molar-refractivity contribution in [1.82, 2.24) is 16.3 Å². The lowest BCUT2D eigenvalue weighted by molar-refractivity contribution is 0.0815. The van der Waals surface area contributed by atoms with Crippen LogP contribution in [-0.2, 0) is 6.42 Å². The van der Waals surface area contributed by atoms with Crippen LogP contribution in [0.5, 0.6) is 5.75 Å². The molecule has 4 rings (SSSR count). The van der Waals surface area contributed by atoms with E-state index in [0.29, 0.717) is 46.8 Å². The van der Waals surface area contributed by atoms with Gasteiger partial charge in [0.05, 0.1) is 19.1 Å². The van der Waals surface area contributed by atoms with E-state index in [9.17, 15) is 14.4 Å². The summed E-state index contributed by atoms with van der Waals surface area (Å²) in [5.74, 6) is -0.286. The molecule has 1 aromatic carbocycles. The predicted octanol–water partition coefficient (Wildman–Crippen LogP) is 2.73. The van der Waals surface area contributed by atoms with Crippen LogP contribution < -0.4 is 21.0 Å². The number of hydrogen-bond acceptors (Lipinski definition) is 7. The Balaban J connectivity index is 1.49. The third-order valence-electron chi connectivity index (χ3n) is 5.19. The maximum absolute atomic E-state index is 12.6. The topological polar surface area (TPSA) is 135 Å². The Hall–Kier alpha value is -4.34. The zero-order valence-electron chi connectivity index (χ0n) is 18.1. The third kappa shape index (κ3) is 4.64. The van der Waals surface area contributed by atoms with Crippen LogP contribution in [0.4, 0.5) is 0 Å². The number of nitrogens with zero attached hydrogens (tertiary/aromatic N) is 1. The molecule has 0 saturated heterocycles. The molecule has 3 amide bonds. The molecule has 0 atom stereocenters. The van der Waals surface area contributed by atoms with Gasteiger partial charge >= 0.3 is 11.8 Å². The molecule has 0 spiro atoms. The molecule has 3 N–H and O–H groups in total. The minimum Gasteiger partial charge on any atom is -0.497 e. The van der Waals surface area contributed by atoms with Crippen LogP contribution in [0.15, 0.2) is 56.6 Å². The van der Waals surface area contributed by atoms with Gasteiger partial charge in [-0.05, 0) is 50.1 Å². The fraction of sp³-hybridized carbons (Fsp3) is 0.217. The molecule has 2 heterocycles. The largest absolute Gasteiger partial charge is 0.497 e. The number of amides is 3. The summed E-state index contributed by atoms with van der Waals surface area (Å²) in [4.78, 5) is 37.1. The standard InChI is InChI=1S/C23H22N4O6/c1-13-19-16(24-25-21(28)14-6-3-7-15(12-14)31-2)8-4-9-17(19)33-20(13)23(30)27-26-22(29)18-10-5-11-32-18/h3,5-7,10-12H,4,8-9H2,1-2H3,(H,25,28)(H,26,29)(H,27,30)/b24-16+. The molecular weight excluding hydrogens is 428 g/mol. The number of fused-ring (bicyclic) bond motifs is 1. The number of furan rings is 2. The van der Waals surface area contributed by atoms with E-state index in [1.807, 2.05) is 0 Å². The van der Waals surface area contributed by atoms with Crippen molar-refractivity contribution >= 4 is 23.4 Å². The summed E-state index contributed by atoms with van der Waals surface area (Å²) < 4.78 is 15.9. The molecule has 3 aromatic rings. The van der Waals surface area contributed by atoms with Gasteiger partial charge < -0.3 is 13.6 Å². The third-order valence-corrected chi connectivity index (χ3v) is 5.19. The number of nitrogens with one attached hydrogen (secondary N) is 3. The van der Waals surface area contributed by atoms with Crippen LogP contribution in [0.3, 0.4) is 0 Å². The van der Waals surface area contributed by atoms with E-state index in [2.05, 4.69) is 21.4 Å². The maximum atomic E-state index is 12.6. The molecule has 10 heteroatoms. The lowest BCUT2D eigenvalue weighted by Gasteiger charge is -2.13. The van der Waals surface area contributed by atoms with Crippen molar-refractivity contribution < 1.29 is 28.0 Å². The van der Waals surface area contributed by atoms with Gasteiger partial charge in [0.25, 0.3) is 5.91 Å². The summed E-state index contributed by atoms with van der Waals surface area (Å²) in [5, 5.41) is 4.30. The number of carbonyl (C=O) groups is 3. The van der Waals surface area contributed by atoms with Crippen molar-refractivity contribution in [2.24, 2.45) is 5.10 Å².